The van der Waals surface area contributed by atoms with Gasteiger partial charge in [-0.15, -0.1) is 0 Å². The van der Waals surface area contributed by atoms with Crippen LogP contribution in [0.1, 0.15) is 15.9 Å². The third kappa shape index (κ3) is 6.24. The number of ether oxygens (including phenoxy) is 1. The number of amides is 2. The maximum absolute atomic E-state index is 13.0. The maximum atomic E-state index is 13.0. The molecule has 0 aliphatic rings. The van der Waals surface area contributed by atoms with Gasteiger partial charge in [0.05, 0.1) is 24.4 Å². The van der Waals surface area contributed by atoms with Crippen LogP contribution in [-0.2, 0) is 14.8 Å². The number of halogens is 1. The molecule has 0 aromatic heterocycles. The SMILES string of the molecule is COc1ccc(NC(=O)CNC(=O)c2cccc(C)c2)cc1S(=O)(=O)Nc1ccccc1Cl. The zero-order valence-electron chi connectivity index (χ0n) is 17.9. The monoisotopic (exact) mass is 487 g/mol. The average Bonchev–Trinajstić information content (AvgIpc) is 2.79. The molecule has 0 radical (unpaired) electrons. The number of nitrogens with one attached hydrogen (secondary N) is 3. The molecule has 0 atom stereocenters. The number of aryl methyl sites for hydroxylation is 1. The molecule has 0 aliphatic carbocycles. The number of para-hydroxylation sites is 1. The van der Waals surface area contributed by atoms with Gasteiger partial charge in [0, 0.05) is 11.3 Å². The van der Waals surface area contributed by atoms with E-state index < -0.39 is 21.8 Å². The highest BCUT2D eigenvalue weighted by Gasteiger charge is 2.22. The zero-order chi connectivity index (χ0) is 24.0. The number of sulfonamides is 1. The molecule has 0 saturated heterocycles. The summed E-state index contributed by atoms with van der Waals surface area (Å²) in [5.41, 5.74) is 1.77. The fourth-order valence-electron chi connectivity index (χ4n) is 2.96. The number of methoxy groups -OCH3 is 1. The molecule has 0 fully saturated rings. The van der Waals surface area contributed by atoms with Gasteiger partial charge in [-0.1, -0.05) is 41.4 Å². The fraction of sp³-hybridized carbons (Fsp3) is 0.130. The van der Waals surface area contributed by atoms with E-state index in [1.807, 2.05) is 13.0 Å². The molecule has 3 N–H and O–H groups in total. The first-order valence-corrected chi connectivity index (χ1v) is 11.7. The number of hydrogen-bond acceptors (Lipinski definition) is 5. The van der Waals surface area contributed by atoms with Gasteiger partial charge in [-0.3, -0.25) is 14.3 Å². The third-order valence-corrected chi connectivity index (χ3v) is 6.26. The number of benzene rings is 3. The van der Waals surface area contributed by atoms with E-state index in [1.165, 1.54) is 31.4 Å². The predicted octanol–water partition coefficient (Wildman–Crippen LogP) is 3.83. The van der Waals surface area contributed by atoms with Crippen LogP contribution in [0.3, 0.4) is 0 Å². The summed E-state index contributed by atoms with van der Waals surface area (Å²) < 4.78 is 33.5. The molecule has 3 rings (SSSR count). The summed E-state index contributed by atoms with van der Waals surface area (Å²) in [5.74, 6) is -0.834. The Labute approximate surface area is 197 Å². The second kappa shape index (κ2) is 10.4. The van der Waals surface area contributed by atoms with Crippen LogP contribution < -0.4 is 20.1 Å². The van der Waals surface area contributed by atoms with Crippen LogP contribution in [0.25, 0.3) is 0 Å². The van der Waals surface area contributed by atoms with E-state index in [4.69, 9.17) is 16.3 Å². The smallest absolute Gasteiger partial charge is 0.265 e. The van der Waals surface area contributed by atoms with Crippen LogP contribution in [0.2, 0.25) is 5.02 Å². The molecule has 3 aromatic rings. The molecular weight excluding hydrogens is 466 g/mol. The molecule has 0 saturated carbocycles. The van der Waals surface area contributed by atoms with E-state index in [0.717, 1.165) is 5.56 Å². The van der Waals surface area contributed by atoms with Crippen molar-refractivity contribution in [3.63, 3.8) is 0 Å². The molecule has 0 bridgehead atoms. The molecule has 172 valence electrons. The van der Waals surface area contributed by atoms with Gasteiger partial charge in [-0.25, -0.2) is 8.42 Å². The average molecular weight is 488 g/mol. The summed E-state index contributed by atoms with van der Waals surface area (Å²) >= 11 is 6.06. The van der Waals surface area contributed by atoms with Crippen LogP contribution in [0.5, 0.6) is 5.75 Å². The minimum atomic E-state index is -4.08. The first kappa shape index (κ1) is 24.1. The van der Waals surface area contributed by atoms with Crippen LogP contribution in [-0.4, -0.2) is 33.9 Å². The summed E-state index contributed by atoms with van der Waals surface area (Å²) in [4.78, 5) is 24.4. The van der Waals surface area contributed by atoms with Gasteiger partial charge >= 0.3 is 0 Å². The lowest BCUT2D eigenvalue weighted by Gasteiger charge is -2.14. The van der Waals surface area contributed by atoms with Gasteiger partial charge in [0.15, 0.2) is 0 Å². The minimum Gasteiger partial charge on any atom is -0.495 e. The molecular formula is C23H22ClN3O5S. The van der Waals surface area contributed by atoms with Gasteiger partial charge in [0.25, 0.3) is 15.9 Å². The molecule has 33 heavy (non-hydrogen) atoms. The second-order valence-corrected chi connectivity index (χ2v) is 9.11. The van der Waals surface area contributed by atoms with Crippen molar-refractivity contribution in [1.29, 1.82) is 0 Å². The summed E-state index contributed by atoms with van der Waals surface area (Å²) in [7, 11) is -2.75. The van der Waals surface area contributed by atoms with E-state index >= 15 is 0 Å². The summed E-state index contributed by atoms with van der Waals surface area (Å²) in [5, 5.41) is 5.33. The lowest BCUT2D eigenvalue weighted by molar-refractivity contribution is -0.115. The molecule has 2 amide bonds. The minimum absolute atomic E-state index is 0.0836. The van der Waals surface area contributed by atoms with Crippen molar-refractivity contribution >= 4 is 44.8 Å². The van der Waals surface area contributed by atoms with Gasteiger partial charge in [0.2, 0.25) is 5.91 Å². The largest absolute Gasteiger partial charge is 0.495 e. The quantitative estimate of drug-likeness (QED) is 0.447. The van der Waals surface area contributed by atoms with E-state index in [1.54, 1.807) is 36.4 Å². The number of carbonyl (C=O) groups is 2. The number of carbonyl (C=O) groups excluding carboxylic acids is 2. The zero-order valence-corrected chi connectivity index (χ0v) is 19.5. The molecule has 0 heterocycles. The Morgan fingerprint density at radius 3 is 2.45 bits per heavy atom. The molecule has 0 spiro atoms. The molecule has 0 unspecified atom stereocenters. The van der Waals surface area contributed by atoms with Gasteiger partial charge in [-0.2, -0.15) is 0 Å². The number of rotatable bonds is 8. The van der Waals surface area contributed by atoms with Gasteiger partial charge < -0.3 is 15.4 Å². The van der Waals surface area contributed by atoms with Crippen molar-refractivity contribution in [2.45, 2.75) is 11.8 Å². The second-order valence-electron chi connectivity index (χ2n) is 7.05. The normalized spacial score (nSPS) is 10.9. The first-order chi connectivity index (χ1) is 15.7. The van der Waals surface area contributed by atoms with Crippen molar-refractivity contribution in [3.05, 3.63) is 82.9 Å². The highest BCUT2D eigenvalue weighted by Crippen LogP contribution is 2.30. The summed E-state index contributed by atoms with van der Waals surface area (Å²) in [6.45, 7) is 1.57. The Morgan fingerprint density at radius 2 is 1.76 bits per heavy atom. The summed E-state index contributed by atoms with van der Waals surface area (Å²) in [6.07, 6.45) is 0. The number of anilines is 2. The van der Waals surface area contributed by atoms with Crippen LogP contribution in [0, 0.1) is 6.92 Å². The Morgan fingerprint density at radius 1 is 1.00 bits per heavy atom. The summed E-state index contributed by atoms with van der Waals surface area (Å²) in [6, 6.07) is 17.5. The van der Waals surface area contributed by atoms with Crippen LogP contribution in [0.4, 0.5) is 11.4 Å². The van der Waals surface area contributed by atoms with E-state index in [2.05, 4.69) is 15.4 Å². The first-order valence-electron chi connectivity index (χ1n) is 9.80. The Bertz CT molecular complexity index is 1290. The topological polar surface area (TPSA) is 114 Å². The van der Waals surface area contributed by atoms with Crippen molar-refractivity contribution in [2.75, 3.05) is 23.7 Å². The Kier molecular flexibility index (Phi) is 7.57. The highest BCUT2D eigenvalue weighted by atomic mass is 35.5. The van der Waals surface area contributed by atoms with Crippen molar-refractivity contribution in [3.8, 4) is 5.75 Å². The van der Waals surface area contributed by atoms with Crippen molar-refractivity contribution in [2.24, 2.45) is 0 Å². The predicted molar refractivity (Wildman–Crippen MR) is 127 cm³/mol. The maximum Gasteiger partial charge on any atom is 0.265 e. The molecule has 10 heteroatoms. The molecule has 3 aromatic carbocycles. The van der Waals surface area contributed by atoms with E-state index in [-0.39, 0.29) is 33.6 Å². The van der Waals surface area contributed by atoms with Gasteiger partial charge in [-0.05, 0) is 49.4 Å². The number of hydrogen-bond donors (Lipinski definition) is 3. The van der Waals surface area contributed by atoms with E-state index in [9.17, 15) is 18.0 Å². The van der Waals surface area contributed by atoms with Crippen LogP contribution in [0.15, 0.2) is 71.6 Å². The lowest BCUT2D eigenvalue weighted by atomic mass is 10.1. The Balaban J connectivity index is 1.73. The van der Waals surface area contributed by atoms with Crippen molar-refractivity contribution < 1.29 is 22.7 Å². The van der Waals surface area contributed by atoms with E-state index in [0.29, 0.717) is 5.56 Å². The third-order valence-electron chi connectivity index (χ3n) is 4.54. The van der Waals surface area contributed by atoms with Gasteiger partial charge in [0.1, 0.15) is 10.6 Å². The lowest BCUT2D eigenvalue weighted by Crippen LogP contribution is -2.32. The standard InChI is InChI=1S/C23H22ClN3O5S/c1-15-6-5-7-16(12-15)23(29)25-14-22(28)26-17-10-11-20(32-2)21(13-17)33(30,31)27-19-9-4-3-8-18(19)24/h3-13,27H,14H2,1-2H3,(H,25,29)(H,26,28). The fourth-order valence-corrected chi connectivity index (χ4v) is 4.48. The van der Waals surface area contributed by atoms with Crippen molar-refractivity contribution in [1.82, 2.24) is 5.32 Å². The molecule has 0 aliphatic heterocycles. The Hall–Kier alpha value is -3.56. The van der Waals surface area contributed by atoms with Crippen LogP contribution >= 0.6 is 11.6 Å². The molecule has 8 nitrogen and oxygen atoms in total. The highest BCUT2D eigenvalue weighted by molar-refractivity contribution is 7.92.